The molecule has 1 heterocycles. The molecule has 0 bridgehead atoms. The molecule has 19 heavy (non-hydrogen) atoms. The minimum absolute atomic E-state index is 0.0173. The predicted octanol–water partition coefficient (Wildman–Crippen LogP) is 1.90. The van der Waals surface area contributed by atoms with E-state index in [1.807, 2.05) is 0 Å². The number of rotatable bonds is 4. The lowest BCUT2D eigenvalue weighted by atomic mass is 9.97. The molecule has 1 unspecified atom stereocenters. The van der Waals surface area contributed by atoms with E-state index in [0.29, 0.717) is 24.6 Å². The molecule has 0 saturated carbocycles. The fraction of sp³-hybridized carbons (Fsp3) is 0.538. The van der Waals surface area contributed by atoms with Crippen LogP contribution in [0.4, 0.5) is 10.1 Å². The number of likely N-dealkylation sites (tertiary alicyclic amines) is 1. The minimum Gasteiger partial charge on any atom is -0.330 e. The van der Waals surface area contributed by atoms with E-state index in [1.165, 1.54) is 12.1 Å². The second-order valence-corrected chi connectivity index (χ2v) is 5.01. The number of hydrogen-bond acceptors (Lipinski definition) is 4. The third kappa shape index (κ3) is 3.48. The summed E-state index contributed by atoms with van der Waals surface area (Å²) in [4.78, 5) is 12.6. The molecule has 1 saturated heterocycles. The first-order valence-corrected chi connectivity index (χ1v) is 6.45. The minimum atomic E-state index is -0.459. The van der Waals surface area contributed by atoms with Crippen LogP contribution in [-0.2, 0) is 6.54 Å². The highest BCUT2D eigenvalue weighted by Gasteiger charge is 2.22. The van der Waals surface area contributed by atoms with E-state index in [-0.39, 0.29) is 5.69 Å². The van der Waals surface area contributed by atoms with Gasteiger partial charge < -0.3 is 5.73 Å². The van der Waals surface area contributed by atoms with Crippen molar-refractivity contribution in [1.29, 1.82) is 0 Å². The van der Waals surface area contributed by atoms with Gasteiger partial charge in [-0.05, 0) is 44.0 Å². The van der Waals surface area contributed by atoms with Crippen molar-refractivity contribution in [1.82, 2.24) is 4.90 Å². The number of nitrogens with two attached hydrogens (primary N) is 1. The number of piperidine rings is 1. The molecule has 1 fully saturated rings. The van der Waals surface area contributed by atoms with Crippen LogP contribution in [0.1, 0.15) is 18.4 Å². The zero-order valence-electron chi connectivity index (χ0n) is 10.7. The third-order valence-electron chi connectivity index (χ3n) is 3.57. The number of halogens is 1. The van der Waals surface area contributed by atoms with E-state index in [0.717, 1.165) is 32.0 Å². The highest BCUT2D eigenvalue weighted by Crippen LogP contribution is 2.24. The molecule has 0 aliphatic carbocycles. The Kier molecular flexibility index (Phi) is 4.44. The molecule has 0 aromatic heterocycles. The average molecular weight is 267 g/mol. The van der Waals surface area contributed by atoms with Crippen LogP contribution in [-0.4, -0.2) is 29.5 Å². The fourth-order valence-electron chi connectivity index (χ4n) is 2.59. The first kappa shape index (κ1) is 13.9. The lowest BCUT2D eigenvalue weighted by Gasteiger charge is -2.31. The Bertz CT molecular complexity index is 467. The van der Waals surface area contributed by atoms with Crippen LogP contribution < -0.4 is 5.73 Å². The molecule has 1 aromatic rings. The van der Waals surface area contributed by atoms with E-state index < -0.39 is 10.7 Å². The summed E-state index contributed by atoms with van der Waals surface area (Å²) in [5.74, 6) is -0.00523. The Hall–Kier alpha value is -1.53. The monoisotopic (exact) mass is 267 g/mol. The summed E-state index contributed by atoms with van der Waals surface area (Å²) in [5.41, 5.74) is 6.08. The van der Waals surface area contributed by atoms with Gasteiger partial charge >= 0.3 is 0 Å². The first-order valence-electron chi connectivity index (χ1n) is 6.45. The summed E-state index contributed by atoms with van der Waals surface area (Å²) in [6.45, 7) is 2.74. The maximum absolute atomic E-state index is 13.2. The van der Waals surface area contributed by atoms with Gasteiger partial charge in [0.25, 0.3) is 5.69 Å². The molecule has 0 radical (unpaired) electrons. The van der Waals surface area contributed by atoms with Gasteiger partial charge in [0.2, 0.25) is 0 Å². The molecule has 6 heteroatoms. The molecule has 0 amide bonds. The van der Waals surface area contributed by atoms with E-state index in [2.05, 4.69) is 4.90 Å². The van der Waals surface area contributed by atoms with Gasteiger partial charge in [0.15, 0.2) is 0 Å². The molecule has 1 aliphatic rings. The standard InChI is InChI=1S/C13H18FN3O2/c14-12-3-4-13(17(18)19)11(6-12)9-16-5-1-2-10(7-15)8-16/h3-4,6,10H,1-2,5,7-9,15H2. The van der Waals surface area contributed by atoms with Gasteiger partial charge in [-0.15, -0.1) is 0 Å². The van der Waals surface area contributed by atoms with Crippen LogP contribution in [0.25, 0.3) is 0 Å². The van der Waals surface area contributed by atoms with Crippen LogP contribution >= 0.6 is 0 Å². The maximum atomic E-state index is 13.2. The quantitative estimate of drug-likeness (QED) is 0.668. The maximum Gasteiger partial charge on any atom is 0.274 e. The van der Waals surface area contributed by atoms with Crippen LogP contribution in [0, 0.1) is 21.8 Å². The molecular weight excluding hydrogens is 249 g/mol. The second kappa shape index (κ2) is 6.08. The predicted molar refractivity (Wildman–Crippen MR) is 70.1 cm³/mol. The molecule has 104 valence electrons. The smallest absolute Gasteiger partial charge is 0.274 e. The first-order chi connectivity index (χ1) is 9.10. The molecule has 1 aliphatic heterocycles. The topological polar surface area (TPSA) is 72.4 Å². The summed E-state index contributed by atoms with van der Waals surface area (Å²) in [5, 5.41) is 10.9. The number of nitro groups is 1. The zero-order chi connectivity index (χ0) is 13.8. The van der Waals surface area contributed by atoms with Gasteiger partial charge in [0, 0.05) is 24.7 Å². The largest absolute Gasteiger partial charge is 0.330 e. The summed E-state index contributed by atoms with van der Waals surface area (Å²) in [7, 11) is 0. The summed E-state index contributed by atoms with van der Waals surface area (Å²) < 4.78 is 13.2. The van der Waals surface area contributed by atoms with Gasteiger partial charge in [0.05, 0.1) is 4.92 Å². The van der Waals surface area contributed by atoms with E-state index in [1.54, 1.807) is 0 Å². The van der Waals surface area contributed by atoms with Crippen molar-refractivity contribution in [3.05, 3.63) is 39.7 Å². The van der Waals surface area contributed by atoms with Crippen LogP contribution in [0.2, 0.25) is 0 Å². The molecule has 1 aromatic carbocycles. The van der Waals surface area contributed by atoms with Gasteiger partial charge in [-0.3, -0.25) is 15.0 Å². The van der Waals surface area contributed by atoms with Crippen LogP contribution in [0.5, 0.6) is 0 Å². The van der Waals surface area contributed by atoms with Crippen LogP contribution in [0.3, 0.4) is 0 Å². The molecule has 2 N–H and O–H groups in total. The number of hydrogen-bond donors (Lipinski definition) is 1. The average Bonchev–Trinajstić information content (AvgIpc) is 2.38. The molecule has 1 atom stereocenters. The lowest BCUT2D eigenvalue weighted by molar-refractivity contribution is -0.385. The van der Waals surface area contributed by atoms with Gasteiger partial charge in [-0.2, -0.15) is 0 Å². The van der Waals surface area contributed by atoms with Gasteiger partial charge in [0.1, 0.15) is 5.82 Å². The Labute approximate surface area is 111 Å². The normalized spacial score (nSPS) is 20.4. The molecule has 5 nitrogen and oxygen atoms in total. The van der Waals surface area contributed by atoms with Crippen molar-refractivity contribution in [3.63, 3.8) is 0 Å². The van der Waals surface area contributed by atoms with Crippen molar-refractivity contribution in [3.8, 4) is 0 Å². The summed E-state index contributed by atoms with van der Waals surface area (Å²) in [6.07, 6.45) is 2.13. The zero-order valence-corrected chi connectivity index (χ0v) is 10.7. The third-order valence-corrected chi connectivity index (χ3v) is 3.57. The van der Waals surface area contributed by atoms with Gasteiger partial charge in [-0.25, -0.2) is 4.39 Å². The molecule has 0 spiro atoms. The SMILES string of the molecule is NCC1CCCN(Cc2cc(F)ccc2[N+](=O)[O-])C1. The summed E-state index contributed by atoms with van der Waals surface area (Å²) >= 11 is 0. The van der Waals surface area contributed by atoms with Crippen molar-refractivity contribution >= 4 is 5.69 Å². The molecular formula is C13H18FN3O2. The van der Waals surface area contributed by atoms with Crippen LogP contribution in [0.15, 0.2) is 18.2 Å². The van der Waals surface area contributed by atoms with Crippen molar-refractivity contribution in [2.24, 2.45) is 11.7 Å². The van der Waals surface area contributed by atoms with E-state index in [9.17, 15) is 14.5 Å². The van der Waals surface area contributed by atoms with E-state index in [4.69, 9.17) is 5.73 Å². The highest BCUT2D eigenvalue weighted by atomic mass is 19.1. The summed E-state index contributed by atoms with van der Waals surface area (Å²) in [6, 6.07) is 3.61. The Morgan fingerprint density at radius 1 is 1.53 bits per heavy atom. The fourth-order valence-corrected chi connectivity index (χ4v) is 2.59. The number of nitro benzene ring substituents is 1. The van der Waals surface area contributed by atoms with E-state index >= 15 is 0 Å². The highest BCUT2D eigenvalue weighted by molar-refractivity contribution is 5.40. The van der Waals surface area contributed by atoms with Gasteiger partial charge in [-0.1, -0.05) is 0 Å². The van der Waals surface area contributed by atoms with Crippen molar-refractivity contribution < 1.29 is 9.31 Å². The number of benzene rings is 1. The second-order valence-electron chi connectivity index (χ2n) is 5.01. The molecule has 2 rings (SSSR count). The Morgan fingerprint density at radius 2 is 2.32 bits per heavy atom. The Balaban J connectivity index is 2.13. The van der Waals surface area contributed by atoms with Crippen molar-refractivity contribution in [2.45, 2.75) is 19.4 Å². The number of nitrogens with zero attached hydrogens (tertiary/aromatic N) is 2. The lowest BCUT2D eigenvalue weighted by Crippen LogP contribution is -2.37. The Morgan fingerprint density at radius 3 is 3.00 bits per heavy atom. The van der Waals surface area contributed by atoms with Crippen molar-refractivity contribution in [2.75, 3.05) is 19.6 Å².